The van der Waals surface area contributed by atoms with E-state index in [4.69, 9.17) is 10.7 Å². The topological polar surface area (TPSA) is 54.5 Å². The summed E-state index contributed by atoms with van der Waals surface area (Å²) in [4.78, 5) is 13.4. The Balaban J connectivity index is 2.42. The summed E-state index contributed by atoms with van der Waals surface area (Å²) in [7, 11) is 1.60. The average molecular weight is 432 g/mol. The van der Waals surface area contributed by atoms with E-state index < -0.39 is 14.3 Å². The molecule has 1 saturated heterocycles. The van der Waals surface area contributed by atoms with Crippen LogP contribution in [0.2, 0.25) is 0 Å². The van der Waals surface area contributed by atoms with E-state index in [-0.39, 0.29) is 18.9 Å². The highest BCUT2D eigenvalue weighted by Crippen LogP contribution is 2.38. The number of aryl methyl sites for hydroxylation is 1. The van der Waals surface area contributed by atoms with Gasteiger partial charge in [-0.25, -0.2) is 8.42 Å². The third-order valence-corrected chi connectivity index (χ3v) is 6.00. The van der Waals surface area contributed by atoms with Crippen LogP contribution in [0.15, 0.2) is 21.1 Å². The van der Waals surface area contributed by atoms with Crippen LogP contribution in [0.3, 0.4) is 0 Å². The maximum atomic E-state index is 12.0. The Bertz CT molecular complexity index is 624. The van der Waals surface area contributed by atoms with Crippen LogP contribution >= 0.6 is 42.5 Å². The van der Waals surface area contributed by atoms with Crippen molar-refractivity contribution >= 4 is 63.2 Å². The summed E-state index contributed by atoms with van der Waals surface area (Å²) in [6, 6.07) is 3.74. The minimum atomic E-state index is -3.73. The lowest BCUT2D eigenvalue weighted by molar-refractivity contribution is -0.117. The van der Waals surface area contributed by atoms with Crippen LogP contribution in [0, 0.1) is 6.92 Å². The van der Waals surface area contributed by atoms with Crippen LogP contribution < -0.4 is 4.90 Å². The molecule has 0 spiro atoms. The van der Waals surface area contributed by atoms with E-state index in [1.807, 2.05) is 19.1 Å². The summed E-state index contributed by atoms with van der Waals surface area (Å²) in [5.74, 6) is -0.250. The normalized spacial score (nSPS) is 20.1. The van der Waals surface area contributed by atoms with Gasteiger partial charge in [-0.3, -0.25) is 4.79 Å². The van der Waals surface area contributed by atoms with Crippen LogP contribution in [-0.2, 0) is 13.8 Å². The molecule has 8 heteroatoms. The van der Waals surface area contributed by atoms with Gasteiger partial charge in [0, 0.05) is 32.6 Å². The number of hydrogen-bond donors (Lipinski definition) is 0. The molecule has 1 unspecified atom stereocenters. The van der Waals surface area contributed by atoms with Gasteiger partial charge in [-0.2, -0.15) is 0 Å². The Labute approximate surface area is 132 Å². The molecule has 0 bridgehead atoms. The summed E-state index contributed by atoms with van der Waals surface area (Å²) in [5, 5.41) is -0.859. The highest BCUT2D eigenvalue weighted by Gasteiger charge is 2.39. The van der Waals surface area contributed by atoms with Crippen molar-refractivity contribution in [1.29, 1.82) is 0 Å². The number of rotatable bonds is 2. The number of anilines is 1. The van der Waals surface area contributed by atoms with Crippen molar-refractivity contribution < 1.29 is 13.2 Å². The summed E-state index contributed by atoms with van der Waals surface area (Å²) in [5.41, 5.74) is 1.66. The van der Waals surface area contributed by atoms with Gasteiger partial charge in [0.15, 0.2) is 0 Å². The van der Waals surface area contributed by atoms with Crippen LogP contribution in [0.1, 0.15) is 12.0 Å². The molecule has 104 valence electrons. The van der Waals surface area contributed by atoms with E-state index in [1.165, 1.54) is 4.90 Å². The van der Waals surface area contributed by atoms with Crippen molar-refractivity contribution in [1.82, 2.24) is 0 Å². The van der Waals surface area contributed by atoms with Crippen molar-refractivity contribution in [3.05, 3.63) is 26.6 Å². The number of carbonyl (C=O) groups is 1. The van der Waals surface area contributed by atoms with Gasteiger partial charge < -0.3 is 4.90 Å². The van der Waals surface area contributed by atoms with E-state index in [0.717, 1.165) is 14.5 Å². The first-order valence-corrected chi connectivity index (χ1v) is 9.35. The van der Waals surface area contributed by atoms with Crippen molar-refractivity contribution in [2.24, 2.45) is 0 Å². The van der Waals surface area contributed by atoms with Gasteiger partial charge in [0.1, 0.15) is 5.25 Å². The lowest BCUT2D eigenvalue weighted by Crippen LogP contribution is -2.27. The fourth-order valence-electron chi connectivity index (χ4n) is 2.03. The number of benzene rings is 1. The summed E-state index contributed by atoms with van der Waals surface area (Å²) in [6.07, 6.45) is -0.0847. The van der Waals surface area contributed by atoms with Gasteiger partial charge in [-0.15, -0.1) is 0 Å². The van der Waals surface area contributed by atoms with Crippen molar-refractivity contribution in [2.75, 3.05) is 11.4 Å². The predicted molar refractivity (Wildman–Crippen MR) is 82.1 cm³/mol. The van der Waals surface area contributed by atoms with Gasteiger partial charge in [0.25, 0.3) is 0 Å². The molecule has 0 aliphatic carbocycles. The van der Waals surface area contributed by atoms with Crippen molar-refractivity contribution in [2.45, 2.75) is 18.6 Å². The zero-order chi connectivity index (χ0) is 14.4. The smallest absolute Gasteiger partial charge is 0.237 e. The van der Waals surface area contributed by atoms with Gasteiger partial charge in [0.05, 0.1) is 5.69 Å². The van der Waals surface area contributed by atoms with E-state index in [9.17, 15) is 13.2 Å². The fourth-order valence-corrected chi connectivity index (χ4v) is 4.90. The molecule has 1 atom stereocenters. The third-order valence-electron chi connectivity index (χ3n) is 2.92. The average Bonchev–Trinajstić information content (AvgIpc) is 2.59. The van der Waals surface area contributed by atoms with Gasteiger partial charge in [-0.1, -0.05) is 0 Å². The molecule has 1 aliphatic rings. The summed E-state index contributed by atoms with van der Waals surface area (Å²) >= 11 is 6.80. The van der Waals surface area contributed by atoms with E-state index in [1.54, 1.807) is 0 Å². The predicted octanol–water partition coefficient (Wildman–Crippen LogP) is 3.19. The Morgan fingerprint density at radius 1 is 1.32 bits per heavy atom. The van der Waals surface area contributed by atoms with Crippen molar-refractivity contribution in [3.63, 3.8) is 0 Å². The van der Waals surface area contributed by atoms with Gasteiger partial charge in [0.2, 0.25) is 15.0 Å². The second-order valence-corrected chi connectivity index (χ2v) is 9.00. The summed E-state index contributed by atoms with van der Waals surface area (Å²) < 4.78 is 24.2. The highest BCUT2D eigenvalue weighted by molar-refractivity contribution is 9.11. The largest absolute Gasteiger partial charge is 0.309 e. The molecule has 1 fully saturated rings. The minimum absolute atomic E-state index is 0.0743. The van der Waals surface area contributed by atoms with Crippen LogP contribution in [0.25, 0.3) is 0 Å². The molecule has 0 saturated carbocycles. The molecule has 1 heterocycles. The van der Waals surface area contributed by atoms with E-state index >= 15 is 0 Å². The lowest BCUT2D eigenvalue weighted by atomic mass is 10.2. The maximum absolute atomic E-state index is 12.0. The Morgan fingerprint density at radius 2 is 1.84 bits per heavy atom. The van der Waals surface area contributed by atoms with E-state index in [2.05, 4.69) is 31.9 Å². The standard InChI is InChI=1S/C11H10Br2ClNO3S/c1-6-2-8(12)11(9(13)3-6)15-5-7(4-10(15)16)19(14,17)18/h2-3,7H,4-5H2,1H3. The lowest BCUT2D eigenvalue weighted by Gasteiger charge is -2.20. The molecule has 1 aromatic rings. The molecule has 1 amide bonds. The monoisotopic (exact) mass is 429 g/mol. The first-order chi connectivity index (χ1) is 8.70. The van der Waals surface area contributed by atoms with Crippen molar-refractivity contribution in [3.8, 4) is 0 Å². The number of amides is 1. The molecule has 19 heavy (non-hydrogen) atoms. The SMILES string of the molecule is Cc1cc(Br)c(N2CC(S(=O)(=O)Cl)CC2=O)c(Br)c1. The zero-order valence-corrected chi connectivity index (χ0v) is 14.6. The number of nitrogens with zero attached hydrogens (tertiary/aromatic N) is 1. The van der Waals surface area contributed by atoms with Crippen LogP contribution in [0.5, 0.6) is 0 Å². The Morgan fingerprint density at radius 3 is 2.26 bits per heavy atom. The molecule has 4 nitrogen and oxygen atoms in total. The first-order valence-electron chi connectivity index (χ1n) is 5.39. The quantitative estimate of drug-likeness (QED) is 0.676. The second kappa shape index (κ2) is 5.35. The maximum Gasteiger partial charge on any atom is 0.237 e. The fraction of sp³-hybridized carbons (Fsp3) is 0.364. The molecule has 1 aliphatic heterocycles. The first kappa shape index (κ1) is 15.3. The van der Waals surface area contributed by atoms with Gasteiger partial charge >= 0.3 is 0 Å². The molecule has 0 N–H and O–H groups in total. The molecule has 1 aromatic carbocycles. The molecule has 2 rings (SSSR count). The summed E-state index contributed by atoms with van der Waals surface area (Å²) in [6.45, 7) is 2.00. The minimum Gasteiger partial charge on any atom is -0.309 e. The second-order valence-electron chi connectivity index (χ2n) is 4.38. The van der Waals surface area contributed by atoms with Crippen LogP contribution in [0.4, 0.5) is 5.69 Å². The molecule has 0 radical (unpaired) electrons. The molecular weight excluding hydrogens is 421 g/mol. The number of halogens is 3. The molecular formula is C11H10Br2ClNO3S. The number of hydrogen-bond acceptors (Lipinski definition) is 3. The Hall–Kier alpha value is -0.110. The number of carbonyl (C=O) groups excluding carboxylic acids is 1. The zero-order valence-electron chi connectivity index (χ0n) is 9.86. The van der Waals surface area contributed by atoms with E-state index in [0.29, 0.717) is 5.69 Å². The van der Waals surface area contributed by atoms with Crippen LogP contribution in [-0.4, -0.2) is 26.1 Å². The molecule has 0 aromatic heterocycles. The highest BCUT2D eigenvalue weighted by atomic mass is 79.9. The third kappa shape index (κ3) is 3.15. The van der Waals surface area contributed by atoms with Gasteiger partial charge in [-0.05, 0) is 56.5 Å². The Kier molecular flexibility index (Phi) is 4.30.